The first-order valence-corrected chi connectivity index (χ1v) is 9.66. The molecule has 0 unspecified atom stereocenters. The van der Waals surface area contributed by atoms with Crippen molar-refractivity contribution in [1.82, 2.24) is 4.72 Å². The second-order valence-electron chi connectivity index (χ2n) is 6.91. The van der Waals surface area contributed by atoms with E-state index in [4.69, 9.17) is 11.6 Å². The fourth-order valence-electron chi connectivity index (χ4n) is 2.23. The number of halogens is 2. The molecule has 0 aliphatic rings. The number of aryl methyl sites for hydroxylation is 1. The van der Waals surface area contributed by atoms with Crippen LogP contribution in [0.5, 0.6) is 0 Å². The number of sulfonamides is 1. The Morgan fingerprint density at radius 1 is 1.12 bits per heavy atom. The summed E-state index contributed by atoms with van der Waals surface area (Å²) in [5.74, 6) is -1.05. The van der Waals surface area contributed by atoms with E-state index in [0.717, 1.165) is 0 Å². The van der Waals surface area contributed by atoms with Crippen molar-refractivity contribution < 1.29 is 17.6 Å². The summed E-state index contributed by atoms with van der Waals surface area (Å²) in [7, 11) is -3.91. The Morgan fingerprint density at radius 3 is 2.38 bits per heavy atom. The number of hydrogen-bond acceptors (Lipinski definition) is 3. The molecule has 0 radical (unpaired) electrons. The highest BCUT2D eigenvalue weighted by molar-refractivity contribution is 7.89. The van der Waals surface area contributed by atoms with Gasteiger partial charge in [-0.05, 0) is 63.6 Å². The second-order valence-corrected chi connectivity index (χ2v) is 8.97. The topological polar surface area (TPSA) is 75.3 Å². The van der Waals surface area contributed by atoms with E-state index in [1.807, 2.05) is 0 Å². The van der Waals surface area contributed by atoms with Crippen molar-refractivity contribution in [1.29, 1.82) is 0 Å². The van der Waals surface area contributed by atoms with Crippen molar-refractivity contribution in [3.05, 3.63) is 58.4 Å². The van der Waals surface area contributed by atoms with Crippen molar-refractivity contribution in [2.24, 2.45) is 0 Å². The zero-order valence-corrected chi connectivity index (χ0v) is 16.4. The van der Waals surface area contributed by atoms with Crippen LogP contribution in [0.3, 0.4) is 0 Å². The Kier molecular flexibility index (Phi) is 5.75. The van der Waals surface area contributed by atoms with Crippen LogP contribution in [0.4, 0.5) is 10.1 Å². The number of anilines is 1. The molecule has 26 heavy (non-hydrogen) atoms. The van der Waals surface area contributed by atoms with E-state index < -0.39 is 27.3 Å². The molecule has 2 rings (SSSR count). The third-order valence-electron chi connectivity index (χ3n) is 3.37. The fourth-order valence-corrected chi connectivity index (χ4v) is 4.18. The van der Waals surface area contributed by atoms with Gasteiger partial charge in [0.1, 0.15) is 10.7 Å². The van der Waals surface area contributed by atoms with Crippen LogP contribution in [0.25, 0.3) is 0 Å². The van der Waals surface area contributed by atoms with Gasteiger partial charge >= 0.3 is 0 Å². The van der Waals surface area contributed by atoms with Crippen LogP contribution in [0.15, 0.2) is 41.3 Å². The first-order chi connectivity index (χ1) is 11.9. The Morgan fingerprint density at radius 2 is 1.77 bits per heavy atom. The number of nitrogens with one attached hydrogen (secondary N) is 2. The van der Waals surface area contributed by atoms with E-state index in [0.29, 0.717) is 11.3 Å². The zero-order chi connectivity index (χ0) is 19.7. The summed E-state index contributed by atoms with van der Waals surface area (Å²) in [6.07, 6.45) is 0. The maximum absolute atomic E-state index is 13.4. The summed E-state index contributed by atoms with van der Waals surface area (Å²) in [6, 6.07) is 7.96. The van der Waals surface area contributed by atoms with E-state index >= 15 is 0 Å². The number of rotatable bonds is 4. The molecular formula is C18H20ClFN2O3S. The number of carbonyl (C=O) groups excluding carboxylic acids is 1. The zero-order valence-electron chi connectivity index (χ0n) is 14.9. The highest BCUT2D eigenvalue weighted by atomic mass is 35.5. The monoisotopic (exact) mass is 398 g/mol. The normalized spacial score (nSPS) is 12.1. The standard InChI is InChI=1S/C18H20ClFN2O3S/c1-11-5-7-13(20)10-15(11)21-17(23)12-6-8-14(19)16(9-12)26(24,25)22-18(2,3)4/h5-10,22H,1-4H3,(H,21,23). The third kappa shape index (κ3) is 5.03. The molecule has 0 bridgehead atoms. The lowest BCUT2D eigenvalue weighted by Crippen LogP contribution is -2.40. The largest absolute Gasteiger partial charge is 0.322 e. The minimum absolute atomic E-state index is 0.000219. The van der Waals surface area contributed by atoms with Crippen LogP contribution in [0.1, 0.15) is 36.7 Å². The summed E-state index contributed by atoms with van der Waals surface area (Å²) in [5.41, 5.74) is 0.365. The molecule has 140 valence electrons. The molecular weight excluding hydrogens is 379 g/mol. The van der Waals surface area contributed by atoms with Gasteiger partial charge in [0.15, 0.2) is 0 Å². The molecule has 0 saturated carbocycles. The molecule has 0 aliphatic heterocycles. The van der Waals surface area contributed by atoms with Crippen molar-refractivity contribution in [2.45, 2.75) is 38.1 Å². The predicted octanol–water partition coefficient (Wildman–Crippen LogP) is 4.12. The van der Waals surface area contributed by atoms with E-state index in [-0.39, 0.29) is 15.5 Å². The highest BCUT2D eigenvalue weighted by Crippen LogP contribution is 2.25. The van der Waals surface area contributed by atoms with E-state index in [2.05, 4.69) is 10.0 Å². The van der Waals surface area contributed by atoms with Crippen LogP contribution in [0, 0.1) is 12.7 Å². The molecule has 0 aliphatic carbocycles. The van der Waals surface area contributed by atoms with Gasteiger partial charge in [0.05, 0.1) is 5.02 Å². The number of amides is 1. The molecule has 2 aromatic carbocycles. The van der Waals surface area contributed by atoms with Crippen molar-refractivity contribution >= 4 is 33.2 Å². The smallest absolute Gasteiger partial charge is 0.255 e. The Balaban J connectivity index is 2.37. The average molecular weight is 399 g/mol. The molecule has 0 atom stereocenters. The number of benzene rings is 2. The first kappa shape index (κ1) is 20.4. The van der Waals surface area contributed by atoms with E-state index in [1.165, 1.54) is 36.4 Å². The van der Waals surface area contributed by atoms with E-state index in [1.54, 1.807) is 27.7 Å². The molecule has 2 aromatic rings. The number of carbonyl (C=O) groups is 1. The minimum atomic E-state index is -3.91. The maximum Gasteiger partial charge on any atom is 0.255 e. The van der Waals surface area contributed by atoms with Crippen LogP contribution in [-0.4, -0.2) is 19.9 Å². The van der Waals surface area contributed by atoms with Crippen molar-refractivity contribution in [2.75, 3.05) is 5.32 Å². The highest BCUT2D eigenvalue weighted by Gasteiger charge is 2.25. The summed E-state index contributed by atoms with van der Waals surface area (Å²) in [6.45, 7) is 6.81. The minimum Gasteiger partial charge on any atom is -0.322 e. The van der Waals surface area contributed by atoms with Gasteiger partial charge in [-0.15, -0.1) is 0 Å². The lowest BCUT2D eigenvalue weighted by Gasteiger charge is -2.21. The van der Waals surface area contributed by atoms with Crippen molar-refractivity contribution in [3.63, 3.8) is 0 Å². The van der Waals surface area contributed by atoms with Crippen LogP contribution in [0.2, 0.25) is 5.02 Å². The van der Waals surface area contributed by atoms with Crippen LogP contribution >= 0.6 is 11.6 Å². The quantitative estimate of drug-likeness (QED) is 0.813. The average Bonchev–Trinajstić information content (AvgIpc) is 2.48. The van der Waals surface area contributed by atoms with Gasteiger partial charge in [0.2, 0.25) is 10.0 Å². The van der Waals surface area contributed by atoms with Crippen molar-refractivity contribution in [3.8, 4) is 0 Å². The lowest BCUT2D eigenvalue weighted by molar-refractivity contribution is 0.102. The molecule has 2 N–H and O–H groups in total. The SMILES string of the molecule is Cc1ccc(F)cc1NC(=O)c1ccc(Cl)c(S(=O)(=O)NC(C)(C)C)c1. The summed E-state index contributed by atoms with van der Waals surface area (Å²) in [5, 5.41) is 2.58. The molecule has 0 aromatic heterocycles. The Labute approximate surface area is 157 Å². The molecule has 0 spiro atoms. The van der Waals surface area contributed by atoms with Gasteiger partial charge < -0.3 is 5.32 Å². The van der Waals surface area contributed by atoms with Gasteiger partial charge in [-0.1, -0.05) is 17.7 Å². The third-order valence-corrected chi connectivity index (χ3v) is 5.61. The maximum atomic E-state index is 13.4. The van der Waals surface area contributed by atoms with Gasteiger partial charge in [0.25, 0.3) is 5.91 Å². The molecule has 5 nitrogen and oxygen atoms in total. The Bertz CT molecular complexity index is 953. The van der Waals surface area contributed by atoms with Crippen LogP contribution in [-0.2, 0) is 10.0 Å². The number of hydrogen-bond donors (Lipinski definition) is 2. The van der Waals surface area contributed by atoms with Gasteiger partial charge in [0, 0.05) is 16.8 Å². The molecule has 0 heterocycles. The Hall–Kier alpha value is -1.96. The van der Waals surface area contributed by atoms with Gasteiger partial charge in [-0.3, -0.25) is 4.79 Å². The summed E-state index contributed by atoms with van der Waals surface area (Å²) in [4.78, 5) is 12.3. The van der Waals surface area contributed by atoms with E-state index in [9.17, 15) is 17.6 Å². The fraction of sp³-hybridized carbons (Fsp3) is 0.278. The summed E-state index contributed by atoms with van der Waals surface area (Å²) >= 11 is 6.02. The second kappa shape index (κ2) is 7.34. The first-order valence-electron chi connectivity index (χ1n) is 7.80. The summed E-state index contributed by atoms with van der Waals surface area (Å²) < 4.78 is 40.9. The molecule has 0 fully saturated rings. The van der Waals surface area contributed by atoms with Gasteiger partial charge in [-0.2, -0.15) is 0 Å². The van der Waals surface area contributed by atoms with Gasteiger partial charge in [-0.25, -0.2) is 17.5 Å². The predicted molar refractivity (Wildman–Crippen MR) is 101 cm³/mol. The lowest BCUT2D eigenvalue weighted by atomic mass is 10.1. The molecule has 8 heteroatoms. The molecule has 1 amide bonds. The van der Waals surface area contributed by atoms with Crippen LogP contribution < -0.4 is 10.0 Å². The molecule has 0 saturated heterocycles.